The van der Waals surface area contributed by atoms with Gasteiger partial charge in [-0.25, -0.2) is 9.37 Å². The highest BCUT2D eigenvalue weighted by molar-refractivity contribution is 7.22. The fourth-order valence-corrected chi connectivity index (χ4v) is 4.57. The molecule has 2 atom stereocenters. The van der Waals surface area contributed by atoms with Crippen LogP contribution in [-0.4, -0.2) is 30.3 Å². The monoisotopic (exact) mass is 320 g/mol. The number of hydrogen-bond donors (Lipinski definition) is 0. The van der Waals surface area contributed by atoms with E-state index in [0.717, 1.165) is 46.8 Å². The predicted octanol–water partition coefficient (Wildman–Crippen LogP) is 4.10. The van der Waals surface area contributed by atoms with Crippen molar-refractivity contribution < 1.29 is 9.13 Å². The summed E-state index contributed by atoms with van der Waals surface area (Å²) in [4.78, 5) is 7.13. The molecule has 22 heavy (non-hydrogen) atoms. The quantitative estimate of drug-likeness (QED) is 0.791. The summed E-state index contributed by atoms with van der Waals surface area (Å²) in [6, 6.07) is 3.43. The molecule has 0 aliphatic carbocycles. The van der Waals surface area contributed by atoms with E-state index >= 15 is 0 Å². The number of rotatable bonds is 1. The van der Waals surface area contributed by atoms with Crippen LogP contribution in [0.1, 0.15) is 39.2 Å². The molecule has 0 N–H and O–H groups in total. The summed E-state index contributed by atoms with van der Waals surface area (Å²) in [5, 5.41) is 1.01. The molecule has 0 unspecified atom stereocenters. The van der Waals surface area contributed by atoms with Crippen molar-refractivity contribution in [3.8, 4) is 0 Å². The fraction of sp³-hybridized carbons (Fsp3) is 0.588. The lowest BCUT2D eigenvalue weighted by atomic mass is 9.86. The molecule has 118 valence electrons. The van der Waals surface area contributed by atoms with Crippen molar-refractivity contribution in [1.29, 1.82) is 0 Å². The minimum absolute atomic E-state index is 0.154. The maximum Gasteiger partial charge on any atom is 0.186 e. The smallest absolute Gasteiger partial charge is 0.186 e. The number of morpholine rings is 1. The van der Waals surface area contributed by atoms with Crippen molar-refractivity contribution >= 4 is 26.7 Å². The molecule has 2 aliphatic heterocycles. The second kappa shape index (κ2) is 4.90. The first-order valence-corrected chi connectivity index (χ1v) is 8.73. The molecule has 2 aromatic rings. The third-order valence-electron chi connectivity index (χ3n) is 4.56. The third-order valence-corrected chi connectivity index (χ3v) is 5.64. The molecule has 5 heteroatoms. The van der Waals surface area contributed by atoms with Crippen LogP contribution in [-0.2, 0) is 10.2 Å². The summed E-state index contributed by atoms with van der Waals surface area (Å²) in [6.07, 6.45) is 2.97. The van der Waals surface area contributed by atoms with Gasteiger partial charge in [0.25, 0.3) is 0 Å². The van der Waals surface area contributed by atoms with Gasteiger partial charge in [-0.1, -0.05) is 32.1 Å². The van der Waals surface area contributed by atoms with Gasteiger partial charge in [0, 0.05) is 18.7 Å². The number of fused-ring (bicyclic) bond motifs is 3. The first-order chi connectivity index (χ1) is 10.4. The van der Waals surface area contributed by atoms with Gasteiger partial charge in [-0.05, 0) is 30.4 Å². The Hall–Kier alpha value is -1.20. The predicted molar refractivity (Wildman–Crippen MR) is 88.4 cm³/mol. The molecule has 0 amide bonds. The van der Waals surface area contributed by atoms with E-state index in [-0.39, 0.29) is 11.2 Å². The van der Waals surface area contributed by atoms with Gasteiger partial charge in [-0.15, -0.1) is 0 Å². The van der Waals surface area contributed by atoms with Gasteiger partial charge in [-0.3, -0.25) is 0 Å². The van der Waals surface area contributed by atoms with E-state index < -0.39 is 0 Å². The van der Waals surface area contributed by atoms with Gasteiger partial charge in [-0.2, -0.15) is 0 Å². The minimum atomic E-state index is -0.251. The molecular weight excluding hydrogens is 299 g/mol. The Kier molecular flexibility index (Phi) is 3.20. The first kappa shape index (κ1) is 14.4. The molecule has 2 saturated heterocycles. The second-order valence-corrected chi connectivity index (χ2v) is 8.39. The maximum absolute atomic E-state index is 14.3. The van der Waals surface area contributed by atoms with Crippen molar-refractivity contribution in [2.75, 3.05) is 18.0 Å². The number of anilines is 1. The lowest BCUT2D eigenvalue weighted by Gasteiger charge is -2.31. The molecule has 2 fully saturated rings. The Morgan fingerprint density at radius 3 is 2.55 bits per heavy atom. The Labute approximate surface area is 134 Å². The van der Waals surface area contributed by atoms with E-state index in [2.05, 4.69) is 4.90 Å². The number of halogens is 1. The van der Waals surface area contributed by atoms with Crippen molar-refractivity contribution in [2.24, 2.45) is 0 Å². The lowest BCUT2D eigenvalue weighted by Crippen LogP contribution is -2.42. The number of hydrogen-bond acceptors (Lipinski definition) is 4. The maximum atomic E-state index is 14.3. The van der Waals surface area contributed by atoms with E-state index in [1.807, 2.05) is 26.8 Å². The molecule has 3 heterocycles. The topological polar surface area (TPSA) is 25.4 Å². The highest BCUT2D eigenvalue weighted by Gasteiger charge is 2.35. The van der Waals surface area contributed by atoms with Crippen LogP contribution in [0.2, 0.25) is 0 Å². The van der Waals surface area contributed by atoms with E-state index in [0.29, 0.717) is 12.2 Å². The van der Waals surface area contributed by atoms with Crippen LogP contribution in [0.4, 0.5) is 9.52 Å². The molecule has 0 radical (unpaired) electrons. The Balaban J connectivity index is 1.78. The summed E-state index contributed by atoms with van der Waals surface area (Å²) in [5.41, 5.74) is 1.30. The van der Waals surface area contributed by atoms with Crippen LogP contribution in [0.25, 0.3) is 10.2 Å². The minimum Gasteiger partial charge on any atom is -0.371 e. The van der Waals surface area contributed by atoms with Gasteiger partial charge < -0.3 is 9.64 Å². The summed E-state index contributed by atoms with van der Waals surface area (Å²) in [7, 11) is 0. The van der Waals surface area contributed by atoms with Gasteiger partial charge in [0.1, 0.15) is 5.82 Å². The molecule has 0 spiro atoms. The lowest BCUT2D eigenvalue weighted by molar-refractivity contribution is 0.0305. The van der Waals surface area contributed by atoms with Crippen LogP contribution in [0.3, 0.4) is 0 Å². The Bertz CT molecular complexity index is 709. The average molecular weight is 320 g/mol. The fourth-order valence-electron chi connectivity index (χ4n) is 3.58. The zero-order valence-electron chi connectivity index (χ0n) is 13.2. The van der Waals surface area contributed by atoms with Crippen molar-refractivity contribution in [3.05, 3.63) is 23.5 Å². The van der Waals surface area contributed by atoms with Crippen LogP contribution in [0, 0.1) is 5.82 Å². The summed E-state index contributed by atoms with van der Waals surface area (Å²) < 4.78 is 21.3. The molecule has 3 nitrogen and oxygen atoms in total. The zero-order chi connectivity index (χ0) is 15.5. The van der Waals surface area contributed by atoms with Crippen LogP contribution < -0.4 is 4.90 Å². The van der Waals surface area contributed by atoms with E-state index in [1.54, 1.807) is 17.4 Å². The van der Waals surface area contributed by atoms with Gasteiger partial charge in [0.15, 0.2) is 5.13 Å². The van der Waals surface area contributed by atoms with E-state index in [9.17, 15) is 4.39 Å². The number of ether oxygens (including phenoxy) is 1. The summed E-state index contributed by atoms with van der Waals surface area (Å²) in [5.74, 6) is -0.154. The van der Waals surface area contributed by atoms with Crippen LogP contribution in [0.15, 0.2) is 12.1 Å². The summed E-state index contributed by atoms with van der Waals surface area (Å²) >= 11 is 1.67. The van der Waals surface area contributed by atoms with E-state index in [4.69, 9.17) is 9.72 Å². The molecule has 1 aromatic heterocycles. The zero-order valence-corrected chi connectivity index (χ0v) is 14.0. The number of nitrogens with zero attached hydrogens (tertiary/aromatic N) is 2. The third kappa shape index (κ3) is 2.31. The molecule has 2 bridgehead atoms. The second-order valence-electron chi connectivity index (χ2n) is 7.38. The van der Waals surface area contributed by atoms with Gasteiger partial charge in [0.2, 0.25) is 0 Å². The van der Waals surface area contributed by atoms with Crippen molar-refractivity contribution in [2.45, 2.75) is 51.2 Å². The summed E-state index contributed by atoms with van der Waals surface area (Å²) in [6.45, 7) is 7.93. The van der Waals surface area contributed by atoms with Gasteiger partial charge >= 0.3 is 0 Å². The van der Waals surface area contributed by atoms with Crippen LogP contribution >= 0.6 is 11.3 Å². The highest BCUT2D eigenvalue weighted by atomic mass is 32.1. The Morgan fingerprint density at radius 1 is 1.23 bits per heavy atom. The first-order valence-electron chi connectivity index (χ1n) is 7.92. The molecular formula is C17H21FN2OS. The molecule has 0 saturated carbocycles. The van der Waals surface area contributed by atoms with E-state index in [1.165, 1.54) is 0 Å². The standard InChI is InChI=1S/C17H21FN2OS/c1-17(2,3)14-12(18)6-7-13-15(14)19-16(22-13)20-8-10-4-5-11(9-20)21-10/h6-7,10-11H,4-5,8-9H2,1-3H3/t10-,11+. The molecule has 4 rings (SSSR count). The number of aromatic nitrogens is 1. The molecule has 2 aliphatic rings. The average Bonchev–Trinajstić information content (AvgIpc) is 3.00. The van der Waals surface area contributed by atoms with Crippen LogP contribution in [0.5, 0.6) is 0 Å². The van der Waals surface area contributed by atoms with Crippen molar-refractivity contribution in [3.63, 3.8) is 0 Å². The largest absolute Gasteiger partial charge is 0.371 e. The highest BCUT2D eigenvalue weighted by Crippen LogP contribution is 2.39. The SMILES string of the molecule is CC(C)(C)c1c(F)ccc2sc(N3C[C@H]4CC[C@@H](C3)O4)nc12. The molecule has 1 aromatic carbocycles. The van der Waals surface area contributed by atoms with Gasteiger partial charge in [0.05, 0.1) is 22.4 Å². The number of benzene rings is 1. The van der Waals surface area contributed by atoms with Crippen molar-refractivity contribution in [1.82, 2.24) is 4.98 Å². The number of thiazole rings is 1. The Morgan fingerprint density at radius 2 is 1.91 bits per heavy atom. The normalized spacial score (nSPS) is 25.2.